The maximum atomic E-state index is 12.4. The molecule has 2 N–H and O–H groups in total. The summed E-state index contributed by atoms with van der Waals surface area (Å²) in [5.41, 5.74) is 1.28. The van der Waals surface area contributed by atoms with E-state index in [4.69, 9.17) is 5.11 Å². The quantitative estimate of drug-likeness (QED) is 0.894. The summed E-state index contributed by atoms with van der Waals surface area (Å²) in [5, 5.41) is 16.0. The summed E-state index contributed by atoms with van der Waals surface area (Å²) in [5.74, 6) is 0.0962. The smallest absolute Gasteiger partial charge is 0.326 e. The van der Waals surface area contributed by atoms with Crippen LogP contribution in [0.25, 0.3) is 11.4 Å². The van der Waals surface area contributed by atoms with Gasteiger partial charge in [0.1, 0.15) is 11.9 Å². The van der Waals surface area contributed by atoms with Gasteiger partial charge in [0.05, 0.1) is 0 Å². The molecule has 7 heteroatoms. The van der Waals surface area contributed by atoms with Crippen molar-refractivity contribution < 1.29 is 14.7 Å². The number of aryl methyl sites for hydroxylation is 1. The molecule has 0 radical (unpaired) electrons. The van der Waals surface area contributed by atoms with Gasteiger partial charge in [0.25, 0.3) is 5.91 Å². The third-order valence-electron chi connectivity index (χ3n) is 3.79. The number of hydrogen-bond acceptors (Lipinski definition) is 4. The number of aromatic amines is 1. The molecular formula is C15H16N4O3. The van der Waals surface area contributed by atoms with Gasteiger partial charge in [-0.2, -0.15) is 5.10 Å². The van der Waals surface area contributed by atoms with Gasteiger partial charge in [-0.1, -0.05) is 12.1 Å². The molecule has 1 aliphatic heterocycles. The molecule has 22 heavy (non-hydrogen) atoms. The Morgan fingerprint density at radius 2 is 2.05 bits per heavy atom. The lowest BCUT2D eigenvalue weighted by Crippen LogP contribution is -2.40. The van der Waals surface area contributed by atoms with Crippen LogP contribution in [-0.2, 0) is 4.79 Å². The van der Waals surface area contributed by atoms with E-state index in [0.717, 1.165) is 17.8 Å². The van der Waals surface area contributed by atoms with Gasteiger partial charge in [-0.25, -0.2) is 9.78 Å². The van der Waals surface area contributed by atoms with E-state index in [1.165, 1.54) is 4.90 Å². The summed E-state index contributed by atoms with van der Waals surface area (Å²) in [4.78, 5) is 29.3. The molecule has 1 aromatic heterocycles. The summed E-state index contributed by atoms with van der Waals surface area (Å²) >= 11 is 0. The number of aromatic nitrogens is 3. The van der Waals surface area contributed by atoms with Crippen molar-refractivity contribution in [2.24, 2.45) is 0 Å². The van der Waals surface area contributed by atoms with Crippen LogP contribution in [0, 0.1) is 6.92 Å². The highest BCUT2D eigenvalue weighted by atomic mass is 16.4. The van der Waals surface area contributed by atoms with Crippen molar-refractivity contribution in [3.05, 3.63) is 35.7 Å². The summed E-state index contributed by atoms with van der Waals surface area (Å²) in [6.07, 6.45) is 1.23. The predicted octanol–water partition coefficient (Wildman–Crippen LogP) is 1.47. The van der Waals surface area contributed by atoms with Gasteiger partial charge in [-0.3, -0.25) is 9.89 Å². The van der Waals surface area contributed by atoms with Crippen molar-refractivity contribution in [2.75, 3.05) is 6.54 Å². The van der Waals surface area contributed by atoms with Crippen molar-refractivity contribution in [1.82, 2.24) is 20.1 Å². The number of carboxylic acid groups (broad SMARTS) is 1. The molecule has 1 amide bonds. The van der Waals surface area contributed by atoms with Crippen LogP contribution in [0.1, 0.15) is 29.0 Å². The zero-order valence-electron chi connectivity index (χ0n) is 12.1. The summed E-state index contributed by atoms with van der Waals surface area (Å²) in [6, 6.07) is 6.17. The second-order valence-corrected chi connectivity index (χ2v) is 5.32. The average Bonchev–Trinajstić information content (AvgIpc) is 3.15. The Morgan fingerprint density at radius 3 is 2.64 bits per heavy atom. The van der Waals surface area contributed by atoms with Crippen LogP contribution < -0.4 is 0 Å². The van der Waals surface area contributed by atoms with Crippen molar-refractivity contribution in [2.45, 2.75) is 25.8 Å². The second-order valence-electron chi connectivity index (χ2n) is 5.32. The number of carbonyl (C=O) groups is 2. The van der Waals surface area contributed by atoms with Crippen LogP contribution in [0.5, 0.6) is 0 Å². The van der Waals surface area contributed by atoms with E-state index in [1.54, 1.807) is 24.3 Å². The first kappa shape index (κ1) is 14.2. The zero-order chi connectivity index (χ0) is 15.7. The number of amides is 1. The van der Waals surface area contributed by atoms with Gasteiger partial charge in [0.2, 0.25) is 0 Å². The van der Waals surface area contributed by atoms with Gasteiger partial charge in [0.15, 0.2) is 5.82 Å². The largest absolute Gasteiger partial charge is 0.480 e. The molecule has 0 saturated carbocycles. The zero-order valence-corrected chi connectivity index (χ0v) is 12.1. The number of hydrogen-bond donors (Lipinski definition) is 2. The van der Waals surface area contributed by atoms with Crippen molar-refractivity contribution in [3.8, 4) is 11.4 Å². The Morgan fingerprint density at radius 1 is 1.32 bits per heavy atom. The molecular weight excluding hydrogens is 284 g/mol. The van der Waals surface area contributed by atoms with E-state index < -0.39 is 12.0 Å². The Hall–Kier alpha value is -2.70. The highest BCUT2D eigenvalue weighted by Crippen LogP contribution is 2.22. The molecule has 2 heterocycles. The lowest BCUT2D eigenvalue weighted by atomic mass is 10.1. The lowest BCUT2D eigenvalue weighted by Gasteiger charge is -2.21. The highest BCUT2D eigenvalue weighted by Gasteiger charge is 2.34. The molecule has 7 nitrogen and oxygen atoms in total. The number of benzene rings is 1. The third kappa shape index (κ3) is 2.57. The molecule has 1 aromatic carbocycles. The fraction of sp³-hybridized carbons (Fsp3) is 0.333. The van der Waals surface area contributed by atoms with Crippen LogP contribution in [0.15, 0.2) is 24.3 Å². The van der Waals surface area contributed by atoms with E-state index in [2.05, 4.69) is 15.2 Å². The molecule has 1 aliphatic rings. The molecule has 2 aromatic rings. The molecule has 3 rings (SSSR count). The van der Waals surface area contributed by atoms with Crippen molar-refractivity contribution in [1.29, 1.82) is 0 Å². The lowest BCUT2D eigenvalue weighted by molar-refractivity contribution is -0.141. The summed E-state index contributed by atoms with van der Waals surface area (Å²) in [6.45, 7) is 2.30. The van der Waals surface area contributed by atoms with Crippen LogP contribution in [0.3, 0.4) is 0 Å². The predicted molar refractivity (Wildman–Crippen MR) is 78.3 cm³/mol. The third-order valence-corrected chi connectivity index (χ3v) is 3.79. The number of rotatable bonds is 3. The first-order valence-corrected chi connectivity index (χ1v) is 7.09. The molecule has 114 valence electrons. The Labute approximate surface area is 127 Å². The number of aliphatic carboxylic acids is 1. The highest BCUT2D eigenvalue weighted by molar-refractivity contribution is 5.97. The molecule has 0 spiro atoms. The first-order valence-electron chi connectivity index (χ1n) is 7.09. The Balaban J connectivity index is 1.80. The molecule has 1 atom stereocenters. The molecule has 1 fully saturated rings. The fourth-order valence-electron chi connectivity index (χ4n) is 2.67. The fourth-order valence-corrected chi connectivity index (χ4v) is 2.67. The maximum absolute atomic E-state index is 12.4. The van der Waals surface area contributed by atoms with E-state index in [0.29, 0.717) is 24.4 Å². The first-order chi connectivity index (χ1) is 10.6. The van der Waals surface area contributed by atoms with Gasteiger partial charge in [-0.05, 0) is 31.9 Å². The van der Waals surface area contributed by atoms with Gasteiger partial charge in [0, 0.05) is 17.7 Å². The SMILES string of the molecule is Cc1nc(-c2ccc(C(=O)N3CCC[C@@H]3C(=O)O)cc2)n[nH]1. The van der Waals surface area contributed by atoms with E-state index in [9.17, 15) is 9.59 Å². The van der Waals surface area contributed by atoms with Crippen LogP contribution >= 0.6 is 0 Å². The van der Waals surface area contributed by atoms with Crippen LogP contribution in [0.2, 0.25) is 0 Å². The Kier molecular flexibility index (Phi) is 3.62. The number of H-pyrrole nitrogens is 1. The number of carbonyl (C=O) groups excluding carboxylic acids is 1. The van der Waals surface area contributed by atoms with E-state index in [1.807, 2.05) is 6.92 Å². The minimum atomic E-state index is -0.946. The number of nitrogens with one attached hydrogen (secondary N) is 1. The molecule has 0 aliphatic carbocycles. The summed E-state index contributed by atoms with van der Waals surface area (Å²) < 4.78 is 0. The molecule has 1 saturated heterocycles. The van der Waals surface area contributed by atoms with Crippen LogP contribution in [0.4, 0.5) is 0 Å². The minimum absolute atomic E-state index is 0.248. The number of carboxylic acids is 1. The van der Waals surface area contributed by atoms with Gasteiger partial charge < -0.3 is 10.0 Å². The molecule has 0 bridgehead atoms. The van der Waals surface area contributed by atoms with Gasteiger partial charge >= 0.3 is 5.97 Å². The molecule has 0 unspecified atom stereocenters. The minimum Gasteiger partial charge on any atom is -0.480 e. The Bertz CT molecular complexity index is 708. The van der Waals surface area contributed by atoms with E-state index >= 15 is 0 Å². The number of likely N-dealkylation sites (tertiary alicyclic amines) is 1. The standard InChI is InChI=1S/C15H16N4O3/c1-9-16-13(18-17-9)10-4-6-11(7-5-10)14(20)19-8-2-3-12(19)15(21)22/h4-7,12H,2-3,8H2,1H3,(H,21,22)(H,16,17,18)/t12-/m1/s1. The van der Waals surface area contributed by atoms with Gasteiger partial charge in [-0.15, -0.1) is 0 Å². The average molecular weight is 300 g/mol. The normalized spacial score (nSPS) is 17.7. The number of nitrogens with zero attached hydrogens (tertiary/aromatic N) is 3. The topological polar surface area (TPSA) is 99.2 Å². The summed E-state index contributed by atoms with van der Waals surface area (Å²) in [7, 11) is 0. The van der Waals surface area contributed by atoms with Crippen molar-refractivity contribution >= 4 is 11.9 Å². The second kappa shape index (κ2) is 5.59. The van der Waals surface area contributed by atoms with E-state index in [-0.39, 0.29) is 5.91 Å². The van der Waals surface area contributed by atoms with Crippen LogP contribution in [-0.4, -0.2) is 49.7 Å². The van der Waals surface area contributed by atoms with Crippen molar-refractivity contribution in [3.63, 3.8) is 0 Å². The monoisotopic (exact) mass is 300 g/mol. The maximum Gasteiger partial charge on any atom is 0.326 e.